The molecule has 0 saturated carbocycles. The molecule has 1 N–H and O–H groups in total. The Morgan fingerprint density at radius 2 is 2.43 bits per heavy atom. The third kappa shape index (κ3) is 1.64. The maximum absolute atomic E-state index is 10.6. The predicted molar refractivity (Wildman–Crippen MR) is 49.1 cm³/mol. The standard InChI is InChI=1S/C8H9N3O3/c12-11(13)7-2-1-3-9-8(7)10-6-4-14-5-6/h1-3,6H,4-5H2,(H,9,10). The molecule has 0 radical (unpaired) electrons. The van der Waals surface area contributed by atoms with Crippen LogP contribution < -0.4 is 5.32 Å². The summed E-state index contributed by atoms with van der Waals surface area (Å²) in [6.07, 6.45) is 1.52. The minimum Gasteiger partial charge on any atom is -0.377 e. The summed E-state index contributed by atoms with van der Waals surface area (Å²) in [5, 5.41) is 13.6. The minimum atomic E-state index is -0.450. The summed E-state index contributed by atoms with van der Waals surface area (Å²) >= 11 is 0. The van der Waals surface area contributed by atoms with Crippen LogP contribution in [0.4, 0.5) is 11.5 Å². The molecular formula is C8H9N3O3. The van der Waals surface area contributed by atoms with Gasteiger partial charge in [-0.05, 0) is 6.07 Å². The molecule has 0 unspecified atom stereocenters. The molecule has 6 heteroatoms. The molecule has 0 aliphatic carbocycles. The SMILES string of the molecule is O=[N+]([O-])c1cccnc1NC1COC1. The number of anilines is 1. The molecule has 1 aliphatic heterocycles. The largest absolute Gasteiger partial charge is 0.377 e. The van der Waals surface area contributed by atoms with E-state index in [1.54, 1.807) is 6.07 Å². The quantitative estimate of drug-likeness (QED) is 0.570. The number of aromatic nitrogens is 1. The van der Waals surface area contributed by atoms with Crippen LogP contribution >= 0.6 is 0 Å². The molecule has 14 heavy (non-hydrogen) atoms. The average molecular weight is 195 g/mol. The first-order chi connectivity index (χ1) is 6.77. The van der Waals surface area contributed by atoms with Crippen molar-refractivity contribution in [3.05, 3.63) is 28.4 Å². The molecule has 1 aliphatic rings. The topological polar surface area (TPSA) is 77.3 Å². The molecule has 1 fully saturated rings. The molecule has 0 bridgehead atoms. The van der Waals surface area contributed by atoms with E-state index in [0.717, 1.165) is 0 Å². The lowest BCUT2D eigenvalue weighted by molar-refractivity contribution is -0.384. The highest BCUT2D eigenvalue weighted by atomic mass is 16.6. The molecule has 2 rings (SSSR count). The summed E-state index contributed by atoms with van der Waals surface area (Å²) in [5.41, 5.74) is -0.000556. The van der Waals surface area contributed by atoms with Gasteiger partial charge < -0.3 is 10.1 Å². The highest BCUT2D eigenvalue weighted by Gasteiger charge is 2.22. The zero-order valence-corrected chi connectivity index (χ0v) is 7.34. The van der Waals surface area contributed by atoms with E-state index in [1.165, 1.54) is 12.3 Å². The molecule has 0 amide bonds. The van der Waals surface area contributed by atoms with Gasteiger partial charge in [0.15, 0.2) is 0 Å². The van der Waals surface area contributed by atoms with E-state index in [1.807, 2.05) is 0 Å². The highest BCUT2D eigenvalue weighted by molar-refractivity contribution is 5.55. The van der Waals surface area contributed by atoms with Crippen LogP contribution in [0, 0.1) is 10.1 Å². The van der Waals surface area contributed by atoms with Gasteiger partial charge in [0.25, 0.3) is 0 Å². The molecular weight excluding hydrogens is 186 g/mol. The van der Waals surface area contributed by atoms with E-state index in [0.29, 0.717) is 19.0 Å². The Bertz CT molecular complexity index is 351. The van der Waals surface area contributed by atoms with Gasteiger partial charge in [-0.25, -0.2) is 4.98 Å². The van der Waals surface area contributed by atoms with E-state index in [2.05, 4.69) is 10.3 Å². The maximum atomic E-state index is 10.6. The van der Waals surface area contributed by atoms with Crippen molar-refractivity contribution in [1.29, 1.82) is 0 Å². The van der Waals surface area contributed by atoms with Crippen LogP contribution in [0.3, 0.4) is 0 Å². The molecule has 0 spiro atoms. The first kappa shape index (κ1) is 8.89. The van der Waals surface area contributed by atoms with Crippen LogP contribution in [0.25, 0.3) is 0 Å². The average Bonchev–Trinajstić information content (AvgIpc) is 2.12. The number of nitrogens with zero attached hydrogens (tertiary/aromatic N) is 2. The lowest BCUT2D eigenvalue weighted by Gasteiger charge is -2.26. The number of nitro groups is 1. The van der Waals surface area contributed by atoms with Gasteiger partial charge in [-0.2, -0.15) is 0 Å². The van der Waals surface area contributed by atoms with Crippen LogP contribution in [0.1, 0.15) is 0 Å². The van der Waals surface area contributed by atoms with Crippen LogP contribution in [-0.4, -0.2) is 29.2 Å². The molecule has 0 atom stereocenters. The summed E-state index contributed by atoms with van der Waals surface area (Å²) in [6, 6.07) is 3.11. The molecule has 74 valence electrons. The van der Waals surface area contributed by atoms with Crippen LogP contribution in [0.15, 0.2) is 18.3 Å². The Hall–Kier alpha value is -1.69. The first-order valence-electron chi connectivity index (χ1n) is 4.21. The smallest absolute Gasteiger partial charge is 0.311 e. The lowest BCUT2D eigenvalue weighted by Crippen LogP contribution is -2.40. The van der Waals surface area contributed by atoms with E-state index >= 15 is 0 Å². The van der Waals surface area contributed by atoms with Gasteiger partial charge in [0.05, 0.1) is 24.2 Å². The minimum absolute atomic E-state index is 0.000556. The van der Waals surface area contributed by atoms with Crippen molar-refractivity contribution in [1.82, 2.24) is 4.98 Å². The Morgan fingerprint density at radius 3 is 3.00 bits per heavy atom. The Morgan fingerprint density at radius 1 is 1.64 bits per heavy atom. The van der Waals surface area contributed by atoms with E-state index in [4.69, 9.17) is 4.74 Å². The van der Waals surface area contributed by atoms with Crippen molar-refractivity contribution in [2.45, 2.75) is 6.04 Å². The second-order valence-electron chi connectivity index (χ2n) is 3.01. The van der Waals surface area contributed by atoms with Crippen LogP contribution in [0.5, 0.6) is 0 Å². The zero-order chi connectivity index (χ0) is 9.97. The molecule has 1 aromatic heterocycles. The lowest BCUT2D eigenvalue weighted by atomic mass is 10.2. The van der Waals surface area contributed by atoms with Gasteiger partial charge in [0.1, 0.15) is 0 Å². The number of pyridine rings is 1. The third-order valence-corrected chi connectivity index (χ3v) is 1.96. The summed E-state index contributed by atoms with van der Waals surface area (Å²) < 4.78 is 4.95. The maximum Gasteiger partial charge on any atom is 0.311 e. The van der Waals surface area contributed by atoms with Gasteiger partial charge in [0.2, 0.25) is 5.82 Å². The summed E-state index contributed by atoms with van der Waals surface area (Å²) in [7, 11) is 0. The second-order valence-corrected chi connectivity index (χ2v) is 3.01. The van der Waals surface area contributed by atoms with E-state index < -0.39 is 4.92 Å². The van der Waals surface area contributed by atoms with Crippen molar-refractivity contribution < 1.29 is 9.66 Å². The number of hydrogen-bond acceptors (Lipinski definition) is 5. The van der Waals surface area contributed by atoms with Crippen molar-refractivity contribution in [2.24, 2.45) is 0 Å². The van der Waals surface area contributed by atoms with Crippen LogP contribution in [0.2, 0.25) is 0 Å². The Labute approximate surface area is 80.1 Å². The number of ether oxygens (including phenoxy) is 1. The Balaban J connectivity index is 2.17. The number of hydrogen-bond donors (Lipinski definition) is 1. The molecule has 6 nitrogen and oxygen atoms in total. The zero-order valence-electron chi connectivity index (χ0n) is 7.34. The molecule has 1 saturated heterocycles. The summed E-state index contributed by atoms with van der Waals surface area (Å²) in [5.74, 6) is 0.311. The second kappa shape index (κ2) is 3.59. The fraction of sp³-hybridized carbons (Fsp3) is 0.375. The summed E-state index contributed by atoms with van der Waals surface area (Å²) in [4.78, 5) is 14.1. The normalized spacial score (nSPS) is 16.0. The highest BCUT2D eigenvalue weighted by Crippen LogP contribution is 2.22. The fourth-order valence-corrected chi connectivity index (χ4v) is 1.17. The van der Waals surface area contributed by atoms with Gasteiger partial charge in [0, 0.05) is 12.3 Å². The van der Waals surface area contributed by atoms with Crippen LogP contribution in [-0.2, 0) is 4.74 Å². The van der Waals surface area contributed by atoms with E-state index in [9.17, 15) is 10.1 Å². The third-order valence-electron chi connectivity index (χ3n) is 1.96. The molecule has 2 heterocycles. The Kier molecular flexibility index (Phi) is 2.28. The first-order valence-corrected chi connectivity index (χ1v) is 4.21. The molecule has 1 aromatic rings. The predicted octanol–water partition coefficient (Wildman–Crippen LogP) is 0.800. The van der Waals surface area contributed by atoms with Gasteiger partial charge in [-0.1, -0.05) is 0 Å². The van der Waals surface area contributed by atoms with Crippen molar-refractivity contribution in [3.63, 3.8) is 0 Å². The number of nitrogens with one attached hydrogen (secondary N) is 1. The molecule has 0 aromatic carbocycles. The van der Waals surface area contributed by atoms with Gasteiger partial charge >= 0.3 is 5.69 Å². The van der Waals surface area contributed by atoms with Crippen molar-refractivity contribution >= 4 is 11.5 Å². The van der Waals surface area contributed by atoms with Gasteiger partial charge in [-0.15, -0.1) is 0 Å². The van der Waals surface area contributed by atoms with Crippen molar-refractivity contribution in [3.8, 4) is 0 Å². The van der Waals surface area contributed by atoms with Gasteiger partial charge in [-0.3, -0.25) is 10.1 Å². The number of rotatable bonds is 3. The van der Waals surface area contributed by atoms with Crippen molar-refractivity contribution in [2.75, 3.05) is 18.5 Å². The monoisotopic (exact) mass is 195 g/mol. The summed E-state index contributed by atoms with van der Waals surface area (Å²) in [6.45, 7) is 1.15. The fourth-order valence-electron chi connectivity index (χ4n) is 1.17. The van der Waals surface area contributed by atoms with E-state index in [-0.39, 0.29) is 11.7 Å².